The minimum atomic E-state index is -2.75. The Morgan fingerprint density at radius 2 is 1.22 bits per heavy atom. The van der Waals surface area contributed by atoms with E-state index in [0.717, 1.165) is 16.7 Å². The van der Waals surface area contributed by atoms with Crippen LogP contribution in [-0.2, 0) is 33.5 Å². The van der Waals surface area contributed by atoms with Crippen LogP contribution in [0.15, 0.2) is 109 Å². The van der Waals surface area contributed by atoms with Crippen LogP contribution in [0.4, 0.5) is 4.79 Å². The van der Waals surface area contributed by atoms with Crippen LogP contribution in [0.25, 0.3) is 0 Å². The van der Waals surface area contributed by atoms with Gasteiger partial charge in [0.25, 0.3) is 5.91 Å². The molecule has 2 fully saturated rings. The van der Waals surface area contributed by atoms with Crippen molar-refractivity contribution in [3.05, 3.63) is 131 Å². The van der Waals surface area contributed by atoms with Crippen molar-refractivity contribution in [1.29, 1.82) is 0 Å². The number of nitrogens with zero attached hydrogens (tertiary/aromatic N) is 1. The third-order valence-corrected chi connectivity index (χ3v) is 22.5. The van der Waals surface area contributed by atoms with Gasteiger partial charge in [-0.1, -0.05) is 114 Å². The van der Waals surface area contributed by atoms with E-state index in [1.165, 1.54) is 4.90 Å². The average molecular weight is 911 g/mol. The number of amides is 3. The van der Waals surface area contributed by atoms with E-state index >= 15 is 0 Å². The maximum absolute atomic E-state index is 14.5. The highest BCUT2D eigenvalue weighted by Crippen LogP contribution is 2.47. The standard InChI is InChI=1S/C50H66N2O10Si2/c1-47(2,3)63(10,11)61-45-49(7,62-64(12,13)48(4,5)6)44(54)51-46(55)52(45)42-32-40(60-43(53)34-20-16-14-17-21-34)41(59-42)33-58-50(35-22-18-15-19-23-35,36-24-28-38(56-8)29-25-36)37-26-30-39(57-9)31-27-37/h14-31,40-42,45H,32-33H2,1-13H3,(H,51,54,55)/t40-,41+,42+,45-,49-/m0/s1. The van der Waals surface area contributed by atoms with Gasteiger partial charge in [-0.05, 0) is 96.3 Å². The Bertz CT molecular complexity index is 2200. The maximum atomic E-state index is 14.5. The fourth-order valence-corrected chi connectivity index (χ4v) is 10.5. The summed E-state index contributed by atoms with van der Waals surface area (Å²) >= 11 is 0. The van der Waals surface area contributed by atoms with Crippen LogP contribution in [0, 0.1) is 0 Å². The molecule has 4 aromatic rings. The molecule has 6 rings (SSSR count). The molecule has 2 aliphatic rings. The number of hydrogen-bond donors (Lipinski definition) is 1. The second-order valence-electron chi connectivity index (χ2n) is 19.9. The number of carbonyl (C=O) groups excluding carboxylic acids is 3. The lowest BCUT2D eigenvalue weighted by atomic mass is 9.80. The maximum Gasteiger partial charge on any atom is 0.338 e. The summed E-state index contributed by atoms with van der Waals surface area (Å²) in [5, 5.41) is 2.01. The smallest absolute Gasteiger partial charge is 0.338 e. The van der Waals surface area contributed by atoms with Gasteiger partial charge in [-0.2, -0.15) is 0 Å². The Morgan fingerprint density at radius 1 is 0.734 bits per heavy atom. The van der Waals surface area contributed by atoms with Crippen molar-refractivity contribution < 1.29 is 46.9 Å². The first kappa shape index (κ1) is 48.6. The van der Waals surface area contributed by atoms with Gasteiger partial charge in [-0.25, -0.2) is 9.59 Å². The molecule has 0 bridgehead atoms. The summed E-state index contributed by atoms with van der Waals surface area (Å²) in [7, 11) is -2.21. The Balaban J connectivity index is 1.47. The van der Waals surface area contributed by atoms with Crippen LogP contribution in [-0.4, -0.2) is 90.5 Å². The number of hydrogen-bond acceptors (Lipinski definition) is 10. The number of benzene rings is 4. The molecule has 0 radical (unpaired) electrons. The quantitative estimate of drug-likeness (QED) is 0.0699. The van der Waals surface area contributed by atoms with E-state index in [4.69, 9.17) is 32.5 Å². The number of rotatable bonds is 15. The highest BCUT2D eigenvalue weighted by Gasteiger charge is 2.61. The molecule has 5 atom stereocenters. The normalized spacial score (nSPS) is 22.2. The molecule has 0 spiro atoms. The van der Waals surface area contributed by atoms with Crippen molar-refractivity contribution in [3.63, 3.8) is 0 Å². The van der Waals surface area contributed by atoms with Gasteiger partial charge in [0.2, 0.25) is 0 Å². The van der Waals surface area contributed by atoms with E-state index in [9.17, 15) is 14.4 Å². The second kappa shape index (κ2) is 18.6. The molecular formula is C50H66N2O10Si2. The Labute approximate surface area is 381 Å². The minimum absolute atomic E-state index is 0.0468. The Kier molecular flexibility index (Phi) is 14.1. The van der Waals surface area contributed by atoms with Crippen molar-refractivity contribution in [2.75, 3.05) is 20.8 Å². The third-order valence-electron chi connectivity index (χ3n) is 13.5. The molecule has 0 saturated carbocycles. The van der Waals surface area contributed by atoms with Crippen molar-refractivity contribution >= 4 is 34.5 Å². The lowest BCUT2D eigenvalue weighted by Gasteiger charge is -2.54. The Morgan fingerprint density at radius 3 is 1.70 bits per heavy atom. The summed E-state index contributed by atoms with van der Waals surface area (Å²) in [6, 6.07) is 33.3. The molecule has 2 aliphatic heterocycles. The predicted molar refractivity (Wildman–Crippen MR) is 251 cm³/mol. The van der Waals surface area contributed by atoms with Gasteiger partial charge >= 0.3 is 12.0 Å². The van der Waals surface area contributed by atoms with Gasteiger partial charge < -0.3 is 32.5 Å². The molecule has 344 valence electrons. The third kappa shape index (κ3) is 9.73. The first-order valence-corrected chi connectivity index (χ1v) is 27.7. The number of urea groups is 1. The molecule has 64 heavy (non-hydrogen) atoms. The molecule has 2 saturated heterocycles. The predicted octanol–water partition coefficient (Wildman–Crippen LogP) is 10.0. The van der Waals surface area contributed by atoms with E-state index in [1.54, 1.807) is 45.4 Å². The van der Waals surface area contributed by atoms with E-state index in [1.807, 2.05) is 84.9 Å². The molecule has 4 aromatic carbocycles. The first-order valence-electron chi connectivity index (χ1n) is 21.9. The van der Waals surface area contributed by atoms with Gasteiger partial charge in [0, 0.05) is 6.42 Å². The van der Waals surface area contributed by atoms with Crippen molar-refractivity contribution in [3.8, 4) is 11.5 Å². The number of nitrogens with one attached hydrogen (secondary N) is 1. The number of imide groups is 1. The lowest BCUT2D eigenvalue weighted by molar-refractivity contribution is -0.187. The molecule has 2 heterocycles. The summed E-state index contributed by atoms with van der Waals surface area (Å²) in [4.78, 5) is 44.1. The van der Waals surface area contributed by atoms with E-state index in [-0.39, 0.29) is 23.1 Å². The van der Waals surface area contributed by atoms with Crippen LogP contribution >= 0.6 is 0 Å². The number of carbonyl (C=O) groups is 3. The SMILES string of the molecule is COc1ccc(C(OC[C@H]2O[C@@H](N3C(=O)NC(=O)[C@](C)(O[Si](C)(C)C(C)(C)C)[C@@H]3O[Si](C)(C)C(C)(C)C)C[C@@H]2OC(=O)c2ccccc2)(c2ccccc2)c2ccc(OC)cc2)cc1. The summed E-state index contributed by atoms with van der Waals surface area (Å²) in [5.41, 5.74) is -0.0799. The molecule has 0 unspecified atom stereocenters. The van der Waals surface area contributed by atoms with Crippen LogP contribution in [0.2, 0.25) is 36.3 Å². The van der Waals surface area contributed by atoms with Gasteiger partial charge in [-0.15, -0.1) is 0 Å². The summed E-state index contributed by atoms with van der Waals surface area (Å²) < 4.78 is 45.9. The van der Waals surface area contributed by atoms with Crippen LogP contribution < -0.4 is 14.8 Å². The number of methoxy groups -OCH3 is 2. The van der Waals surface area contributed by atoms with Crippen LogP contribution in [0.5, 0.6) is 11.5 Å². The molecule has 1 N–H and O–H groups in total. The average Bonchev–Trinajstić information content (AvgIpc) is 3.64. The zero-order valence-electron chi connectivity index (χ0n) is 39.6. The van der Waals surface area contributed by atoms with Gasteiger partial charge in [0.1, 0.15) is 35.5 Å². The van der Waals surface area contributed by atoms with Crippen LogP contribution in [0.3, 0.4) is 0 Å². The van der Waals surface area contributed by atoms with Crippen molar-refractivity contribution in [1.82, 2.24) is 10.2 Å². The largest absolute Gasteiger partial charge is 0.497 e. The molecule has 0 aliphatic carbocycles. The fourth-order valence-electron chi connectivity index (χ4n) is 7.66. The summed E-state index contributed by atoms with van der Waals surface area (Å²) in [6.45, 7) is 22.5. The molecule has 14 heteroatoms. The molecule has 3 amide bonds. The number of esters is 1. The van der Waals surface area contributed by atoms with Crippen LogP contribution in [0.1, 0.15) is 81.9 Å². The van der Waals surface area contributed by atoms with E-state index < -0.39 is 70.4 Å². The fraction of sp³-hybridized carbons (Fsp3) is 0.460. The van der Waals surface area contributed by atoms with Gasteiger partial charge in [-0.3, -0.25) is 15.0 Å². The zero-order valence-corrected chi connectivity index (χ0v) is 41.6. The lowest BCUT2D eigenvalue weighted by Crippen LogP contribution is -2.75. The van der Waals surface area contributed by atoms with Crippen molar-refractivity contribution in [2.24, 2.45) is 0 Å². The topological polar surface area (TPSA) is 131 Å². The highest BCUT2D eigenvalue weighted by molar-refractivity contribution is 6.75. The second-order valence-corrected chi connectivity index (χ2v) is 29.3. The Hall–Kier alpha value is -4.84. The molecule has 0 aromatic heterocycles. The van der Waals surface area contributed by atoms with Crippen molar-refractivity contribution in [2.45, 2.75) is 127 Å². The summed E-state index contributed by atoms with van der Waals surface area (Å²) in [6.07, 6.45) is -4.01. The highest BCUT2D eigenvalue weighted by atomic mass is 28.4. The minimum Gasteiger partial charge on any atom is -0.497 e. The monoisotopic (exact) mass is 910 g/mol. The molecule has 12 nitrogen and oxygen atoms in total. The van der Waals surface area contributed by atoms with E-state index in [2.05, 4.69) is 73.0 Å². The van der Waals surface area contributed by atoms with E-state index in [0.29, 0.717) is 17.1 Å². The first-order chi connectivity index (χ1) is 30.0. The zero-order chi connectivity index (χ0) is 46.9. The van der Waals surface area contributed by atoms with Gasteiger partial charge in [0.05, 0.1) is 26.4 Å². The molecular weight excluding hydrogens is 845 g/mol. The number of ether oxygens (including phenoxy) is 5. The summed E-state index contributed by atoms with van der Waals surface area (Å²) in [5.74, 6) is 0.206. The van der Waals surface area contributed by atoms with Gasteiger partial charge in [0.15, 0.2) is 28.5 Å².